The topological polar surface area (TPSA) is 12.0 Å². The van der Waals surface area contributed by atoms with Gasteiger partial charge in [-0.2, -0.15) is 0 Å². The standard InChI is InChI=1S/C16H16ClN/c1-10-3-4-11(2)14(7-10)16-9-12-8-13(17)5-6-15(12)18-16/h3-8,16,18H,9H2,1-2H3. The van der Waals surface area contributed by atoms with E-state index < -0.39 is 0 Å². The van der Waals surface area contributed by atoms with Gasteiger partial charge in [0.1, 0.15) is 0 Å². The molecule has 2 aromatic rings. The van der Waals surface area contributed by atoms with Crippen LogP contribution in [0.1, 0.15) is 28.3 Å². The molecule has 1 aliphatic heterocycles. The number of fused-ring (bicyclic) bond motifs is 1. The molecule has 1 N–H and O–H groups in total. The number of aryl methyl sites for hydroxylation is 2. The molecule has 1 heterocycles. The summed E-state index contributed by atoms with van der Waals surface area (Å²) in [6.45, 7) is 4.31. The molecule has 3 rings (SSSR count). The molecule has 0 amide bonds. The van der Waals surface area contributed by atoms with Crippen LogP contribution in [0.5, 0.6) is 0 Å². The molecular formula is C16H16ClN. The minimum atomic E-state index is 0.373. The van der Waals surface area contributed by atoms with E-state index in [4.69, 9.17) is 11.6 Å². The van der Waals surface area contributed by atoms with Gasteiger partial charge in [-0.15, -0.1) is 0 Å². The Morgan fingerprint density at radius 2 is 1.94 bits per heavy atom. The normalized spacial score (nSPS) is 17.4. The highest BCUT2D eigenvalue weighted by atomic mass is 35.5. The van der Waals surface area contributed by atoms with Gasteiger partial charge in [0.05, 0.1) is 6.04 Å². The molecule has 1 unspecified atom stereocenters. The van der Waals surface area contributed by atoms with E-state index in [-0.39, 0.29) is 0 Å². The lowest BCUT2D eigenvalue weighted by Gasteiger charge is -2.15. The zero-order valence-corrected chi connectivity index (χ0v) is 11.4. The van der Waals surface area contributed by atoms with Gasteiger partial charge in [0.2, 0.25) is 0 Å². The summed E-state index contributed by atoms with van der Waals surface area (Å²) in [4.78, 5) is 0. The predicted molar refractivity (Wildman–Crippen MR) is 77.4 cm³/mol. The SMILES string of the molecule is Cc1ccc(C)c(C2Cc3cc(Cl)ccc3N2)c1. The van der Waals surface area contributed by atoms with E-state index in [2.05, 4.69) is 49.5 Å². The zero-order valence-electron chi connectivity index (χ0n) is 10.6. The highest BCUT2D eigenvalue weighted by molar-refractivity contribution is 6.30. The van der Waals surface area contributed by atoms with Gasteiger partial charge in [-0.25, -0.2) is 0 Å². The molecular weight excluding hydrogens is 242 g/mol. The van der Waals surface area contributed by atoms with Gasteiger partial charge in [-0.3, -0.25) is 0 Å². The Hall–Kier alpha value is -1.47. The molecule has 0 saturated heterocycles. The maximum atomic E-state index is 6.05. The summed E-state index contributed by atoms with van der Waals surface area (Å²) in [6.07, 6.45) is 1.01. The van der Waals surface area contributed by atoms with Crippen LogP contribution in [0.2, 0.25) is 5.02 Å². The van der Waals surface area contributed by atoms with Gasteiger partial charge in [0, 0.05) is 10.7 Å². The van der Waals surface area contributed by atoms with E-state index >= 15 is 0 Å². The van der Waals surface area contributed by atoms with Crippen molar-refractivity contribution < 1.29 is 0 Å². The fraction of sp³-hybridized carbons (Fsp3) is 0.250. The Morgan fingerprint density at radius 3 is 2.78 bits per heavy atom. The lowest BCUT2D eigenvalue weighted by Crippen LogP contribution is -2.07. The van der Waals surface area contributed by atoms with Gasteiger partial charge >= 0.3 is 0 Å². The first-order valence-electron chi connectivity index (χ1n) is 6.25. The van der Waals surface area contributed by atoms with Crippen molar-refractivity contribution in [2.24, 2.45) is 0 Å². The van der Waals surface area contributed by atoms with Crippen LogP contribution in [0.4, 0.5) is 5.69 Å². The van der Waals surface area contributed by atoms with Crippen molar-refractivity contribution in [3.05, 3.63) is 63.7 Å². The monoisotopic (exact) mass is 257 g/mol. The second kappa shape index (κ2) is 4.33. The van der Waals surface area contributed by atoms with Crippen molar-refractivity contribution in [2.45, 2.75) is 26.3 Å². The van der Waals surface area contributed by atoms with Crippen LogP contribution in [-0.2, 0) is 6.42 Å². The summed E-state index contributed by atoms with van der Waals surface area (Å²) < 4.78 is 0. The molecule has 0 aliphatic carbocycles. The van der Waals surface area contributed by atoms with Gasteiger partial charge in [0.15, 0.2) is 0 Å². The Morgan fingerprint density at radius 1 is 1.11 bits per heavy atom. The van der Waals surface area contributed by atoms with Crippen molar-refractivity contribution in [2.75, 3.05) is 5.32 Å². The van der Waals surface area contributed by atoms with Crippen LogP contribution in [0.3, 0.4) is 0 Å². The average Bonchev–Trinajstić information content (AvgIpc) is 2.74. The largest absolute Gasteiger partial charge is 0.378 e. The summed E-state index contributed by atoms with van der Waals surface area (Å²) in [5, 5.41) is 4.40. The van der Waals surface area contributed by atoms with Crippen molar-refractivity contribution in [3.8, 4) is 0 Å². The minimum absolute atomic E-state index is 0.373. The third kappa shape index (κ3) is 1.99. The van der Waals surface area contributed by atoms with Crippen LogP contribution in [0.25, 0.3) is 0 Å². The predicted octanol–water partition coefficient (Wildman–Crippen LogP) is 4.67. The molecule has 2 aromatic carbocycles. The van der Waals surface area contributed by atoms with Crippen LogP contribution in [0.15, 0.2) is 36.4 Å². The lowest BCUT2D eigenvalue weighted by molar-refractivity contribution is 0.815. The highest BCUT2D eigenvalue weighted by Crippen LogP contribution is 2.36. The third-order valence-corrected chi connectivity index (χ3v) is 3.87. The Balaban J connectivity index is 1.96. The lowest BCUT2D eigenvalue weighted by atomic mass is 9.97. The molecule has 1 aliphatic rings. The van der Waals surface area contributed by atoms with Gasteiger partial charge in [-0.05, 0) is 55.2 Å². The first-order valence-corrected chi connectivity index (χ1v) is 6.63. The van der Waals surface area contributed by atoms with E-state index in [0.717, 1.165) is 11.4 Å². The number of anilines is 1. The number of nitrogens with one attached hydrogen (secondary N) is 1. The second-order valence-electron chi connectivity index (χ2n) is 5.06. The smallest absolute Gasteiger partial charge is 0.0557 e. The highest BCUT2D eigenvalue weighted by Gasteiger charge is 2.23. The van der Waals surface area contributed by atoms with E-state index in [1.165, 1.54) is 27.9 Å². The van der Waals surface area contributed by atoms with Crippen LogP contribution in [0, 0.1) is 13.8 Å². The minimum Gasteiger partial charge on any atom is -0.378 e. The molecule has 2 heteroatoms. The Bertz CT molecular complexity index is 604. The molecule has 1 atom stereocenters. The zero-order chi connectivity index (χ0) is 12.7. The van der Waals surface area contributed by atoms with E-state index in [1.807, 2.05) is 6.07 Å². The average molecular weight is 258 g/mol. The van der Waals surface area contributed by atoms with E-state index in [1.54, 1.807) is 0 Å². The molecule has 0 fully saturated rings. The molecule has 0 radical (unpaired) electrons. The third-order valence-electron chi connectivity index (χ3n) is 3.63. The summed E-state index contributed by atoms with van der Waals surface area (Å²) in [5.74, 6) is 0. The first kappa shape index (κ1) is 11.6. The second-order valence-corrected chi connectivity index (χ2v) is 5.50. The molecule has 92 valence electrons. The summed E-state index contributed by atoms with van der Waals surface area (Å²) in [7, 11) is 0. The number of hydrogen-bond acceptors (Lipinski definition) is 1. The molecule has 0 aromatic heterocycles. The van der Waals surface area contributed by atoms with Crippen molar-refractivity contribution in [1.29, 1.82) is 0 Å². The number of benzene rings is 2. The van der Waals surface area contributed by atoms with Crippen molar-refractivity contribution >= 4 is 17.3 Å². The molecule has 18 heavy (non-hydrogen) atoms. The molecule has 0 spiro atoms. The van der Waals surface area contributed by atoms with Crippen LogP contribution < -0.4 is 5.32 Å². The first-order chi connectivity index (χ1) is 8.63. The number of hydrogen-bond donors (Lipinski definition) is 1. The van der Waals surface area contributed by atoms with Gasteiger partial charge in [-0.1, -0.05) is 35.4 Å². The van der Waals surface area contributed by atoms with Gasteiger partial charge < -0.3 is 5.32 Å². The fourth-order valence-corrected chi connectivity index (χ4v) is 2.85. The number of halogens is 1. The Labute approximate surface area is 113 Å². The summed E-state index contributed by atoms with van der Waals surface area (Å²) >= 11 is 6.05. The maximum Gasteiger partial charge on any atom is 0.0557 e. The molecule has 0 saturated carbocycles. The van der Waals surface area contributed by atoms with Crippen molar-refractivity contribution in [1.82, 2.24) is 0 Å². The van der Waals surface area contributed by atoms with E-state index in [9.17, 15) is 0 Å². The molecule has 1 nitrogen and oxygen atoms in total. The quantitative estimate of drug-likeness (QED) is 0.783. The summed E-state index contributed by atoms with van der Waals surface area (Å²) in [5.41, 5.74) is 6.57. The van der Waals surface area contributed by atoms with Crippen LogP contribution in [-0.4, -0.2) is 0 Å². The maximum absolute atomic E-state index is 6.05. The van der Waals surface area contributed by atoms with E-state index in [0.29, 0.717) is 6.04 Å². The van der Waals surface area contributed by atoms with Crippen LogP contribution >= 0.6 is 11.6 Å². The summed E-state index contributed by atoms with van der Waals surface area (Å²) in [6, 6.07) is 13.1. The van der Waals surface area contributed by atoms with Gasteiger partial charge in [0.25, 0.3) is 0 Å². The molecule has 0 bridgehead atoms. The number of rotatable bonds is 1. The fourth-order valence-electron chi connectivity index (χ4n) is 2.65. The van der Waals surface area contributed by atoms with Crippen molar-refractivity contribution in [3.63, 3.8) is 0 Å². The Kier molecular flexibility index (Phi) is 2.79.